The van der Waals surface area contributed by atoms with E-state index in [9.17, 15) is 13.2 Å². The van der Waals surface area contributed by atoms with Gasteiger partial charge in [0.05, 0.1) is 22.7 Å². The van der Waals surface area contributed by atoms with Gasteiger partial charge in [-0.05, 0) is 37.1 Å². The van der Waals surface area contributed by atoms with E-state index in [-0.39, 0.29) is 18.9 Å². The molecule has 0 bridgehead atoms. The quantitative estimate of drug-likeness (QED) is 0.829. The van der Waals surface area contributed by atoms with E-state index < -0.39 is 10.0 Å². The largest absolute Gasteiger partial charge is 0.325 e. The summed E-state index contributed by atoms with van der Waals surface area (Å²) in [5.74, 6) is -0.298. The van der Waals surface area contributed by atoms with Gasteiger partial charge in [0, 0.05) is 13.0 Å². The smallest absolute Gasteiger partial charge is 0.232 e. The lowest BCUT2D eigenvalue weighted by atomic mass is 10.1. The number of benzene rings is 2. The lowest BCUT2D eigenvalue weighted by Gasteiger charge is -2.25. The molecule has 2 aromatic carbocycles. The Labute approximate surface area is 153 Å². The number of para-hydroxylation sites is 2. The monoisotopic (exact) mass is 380 g/mol. The maximum Gasteiger partial charge on any atom is 0.232 e. The minimum Gasteiger partial charge on any atom is -0.325 e. The second kappa shape index (κ2) is 7.89. The average Bonchev–Trinajstić information content (AvgIpc) is 2.51. The molecule has 2 rings (SSSR count). The zero-order valence-corrected chi connectivity index (χ0v) is 16.0. The number of sulfonamides is 1. The molecule has 0 aromatic heterocycles. The number of halogens is 1. The van der Waals surface area contributed by atoms with E-state index in [1.165, 1.54) is 4.31 Å². The van der Waals surface area contributed by atoms with Gasteiger partial charge in [0.15, 0.2) is 0 Å². The number of nitrogens with one attached hydrogen (secondary N) is 1. The fraction of sp³-hybridized carbons (Fsp3) is 0.278. The highest BCUT2D eigenvalue weighted by molar-refractivity contribution is 7.92. The number of nitrogens with zero attached hydrogens (tertiary/aromatic N) is 1. The average molecular weight is 381 g/mol. The van der Waals surface area contributed by atoms with Crippen LogP contribution in [0.2, 0.25) is 5.02 Å². The molecule has 0 aliphatic rings. The van der Waals surface area contributed by atoms with Gasteiger partial charge in [-0.15, -0.1) is 0 Å². The molecule has 134 valence electrons. The van der Waals surface area contributed by atoms with E-state index in [1.807, 2.05) is 32.0 Å². The number of aryl methyl sites for hydroxylation is 2. The normalized spacial score (nSPS) is 11.2. The van der Waals surface area contributed by atoms with Crippen LogP contribution in [0.4, 0.5) is 11.4 Å². The highest BCUT2D eigenvalue weighted by atomic mass is 35.5. The summed E-state index contributed by atoms with van der Waals surface area (Å²) in [6.07, 6.45) is 1.16. The topological polar surface area (TPSA) is 66.5 Å². The first-order chi connectivity index (χ1) is 11.7. The summed E-state index contributed by atoms with van der Waals surface area (Å²) in [7, 11) is -3.51. The fourth-order valence-corrected chi connectivity index (χ4v) is 3.85. The van der Waals surface area contributed by atoms with Crippen LogP contribution in [0.25, 0.3) is 0 Å². The van der Waals surface area contributed by atoms with Gasteiger partial charge in [0.2, 0.25) is 15.9 Å². The summed E-state index contributed by atoms with van der Waals surface area (Å²) >= 11 is 6.02. The molecule has 0 saturated heterocycles. The van der Waals surface area contributed by atoms with E-state index in [4.69, 9.17) is 11.6 Å². The fourth-order valence-electron chi connectivity index (χ4n) is 2.62. The molecule has 0 atom stereocenters. The lowest BCUT2D eigenvalue weighted by Crippen LogP contribution is -2.34. The molecule has 5 nitrogen and oxygen atoms in total. The molecule has 1 amide bonds. The standard InChI is InChI=1S/C18H21ClN2O3S/c1-13-7-6-8-14(2)18(13)21(25(3,23)24)12-11-17(22)20-16-10-5-4-9-15(16)19/h4-10H,11-12H2,1-3H3,(H,20,22). The number of carbonyl (C=O) groups is 1. The van der Waals surface area contributed by atoms with Crippen molar-refractivity contribution < 1.29 is 13.2 Å². The molecule has 0 aliphatic carbocycles. The van der Waals surface area contributed by atoms with E-state index in [2.05, 4.69) is 5.32 Å². The van der Waals surface area contributed by atoms with Crippen molar-refractivity contribution in [3.8, 4) is 0 Å². The molecule has 25 heavy (non-hydrogen) atoms. The number of carbonyl (C=O) groups excluding carboxylic acids is 1. The molecule has 1 N–H and O–H groups in total. The minimum atomic E-state index is -3.51. The molecule has 0 spiro atoms. The van der Waals surface area contributed by atoms with Crippen LogP contribution in [0.3, 0.4) is 0 Å². The Hall–Kier alpha value is -2.05. The molecule has 0 saturated carbocycles. The zero-order valence-electron chi connectivity index (χ0n) is 14.4. The van der Waals surface area contributed by atoms with Crippen molar-refractivity contribution in [2.45, 2.75) is 20.3 Å². The summed E-state index contributed by atoms with van der Waals surface area (Å²) in [6.45, 7) is 3.76. The molecular formula is C18H21ClN2O3S. The van der Waals surface area contributed by atoms with Gasteiger partial charge in [-0.2, -0.15) is 0 Å². The Kier molecular flexibility index (Phi) is 6.08. The molecular weight excluding hydrogens is 360 g/mol. The molecule has 0 heterocycles. The highest BCUT2D eigenvalue weighted by Gasteiger charge is 2.22. The number of rotatable bonds is 6. The Morgan fingerprint density at radius 2 is 1.68 bits per heavy atom. The maximum absolute atomic E-state index is 12.2. The summed E-state index contributed by atoms with van der Waals surface area (Å²) in [5.41, 5.74) is 2.82. The van der Waals surface area contributed by atoms with Crippen LogP contribution in [-0.4, -0.2) is 27.1 Å². The van der Waals surface area contributed by atoms with Crippen LogP contribution in [0, 0.1) is 13.8 Å². The molecule has 0 aliphatic heterocycles. The third-order valence-corrected chi connectivity index (χ3v) is 5.27. The summed E-state index contributed by atoms with van der Waals surface area (Å²) in [5, 5.41) is 3.14. The third kappa shape index (κ3) is 4.96. The van der Waals surface area contributed by atoms with Gasteiger partial charge in [0.25, 0.3) is 0 Å². The molecule has 0 fully saturated rings. The minimum absolute atomic E-state index is 0.0199. The summed E-state index contributed by atoms with van der Waals surface area (Å²) in [4.78, 5) is 12.2. The van der Waals surface area contributed by atoms with Gasteiger partial charge < -0.3 is 5.32 Å². The van der Waals surface area contributed by atoms with Crippen LogP contribution in [0.1, 0.15) is 17.5 Å². The number of amides is 1. The predicted molar refractivity (Wildman–Crippen MR) is 103 cm³/mol. The van der Waals surface area contributed by atoms with Crippen molar-refractivity contribution in [1.82, 2.24) is 0 Å². The molecule has 0 radical (unpaired) electrons. The third-order valence-electron chi connectivity index (χ3n) is 3.78. The van der Waals surface area contributed by atoms with E-state index in [1.54, 1.807) is 24.3 Å². The summed E-state index contributed by atoms with van der Waals surface area (Å²) < 4.78 is 25.8. The van der Waals surface area contributed by atoms with Crippen molar-refractivity contribution in [2.75, 3.05) is 22.4 Å². The van der Waals surface area contributed by atoms with Crippen LogP contribution in [0.15, 0.2) is 42.5 Å². The zero-order chi connectivity index (χ0) is 18.6. The SMILES string of the molecule is Cc1cccc(C)c1N(CCC(=O)Nc1ccccc1Cl)S(C)(=O)=O. The Balaban J connectivity index is 2.17. The van der Waals surface area contributed by atoms with Crippen LogP contribution in [0.5, 0.6) is 0 Å². The number of anilines is 2. The van der Waals surface area contributed by atoms with Gasteiger partial charge in [-0.25, -0.2) is 8.42 Å². The van der Waals surface area contributed by atoms with Crippen molar-refractivity contribution in [1.29, 1.82) is 0 Å². The lowest BCUT2D eigenvalue weighted by molar-refractivity contribution is -0.116. The first kappa shape index (κ1) is 19.3. The highest BCUT2D eigenvalue weighted by Crippen LogP contribution is 2.27. The van der Waals surface area contributed by atoms with Gasteiger partial charge in [-0.3, -0.25) is 9.10 Å². The molecule has 2 aromatic rings. The first-order valence-corrected chi connectivity index (χ1v) is 10.0. The molecule has 0 unspecified atom stereocenters. The first-order valence-electron chi connectivity index (χ1n) is 7.78. The van der Waals surface area contributed by atoms with E-state index >= 15 is 0 Å². The second-order valence-electron chi connectivity index (χ2n) is 5.85. The Morgan fingerprint density at radius 3 is 2.24 bits per heavy atom. The van der Waals surface area contributed by atoms with Crippen molar-refractivity contribution in [3.05, 3.63) is 58.6 Å². The number of hydrogen-bond donors (Lipinski definition) is 1. The maximum atomic E-state index is 12.2. The van der Waals surface area contributed by atoms with Gasteiger partial charge >= 0.3 is 0 Å². The molecule has 7 heteroatoms. The van der Waals surface area contributed by atoms with Gasteiger partial charge in [0.1, 0.15) is 0 Å². The predicted octanol–water partition coefficient (Wildman–Crippen LogP) is 3.75. The summed E-state index contributed by atoms with van der Waals surface area (Å²) in [6, 6.07) is 12.5. The van der Waals surface area contributed by atoms with Crippen molar-refractivity contribution in [2.24, 2.45) is 0 Å². The van der Waals surface area contributed by atoms with Crippen molar-refractivity contribution >= 4 is 38.9 Å². The van der Waals surface area contributed by atoms with Gasteiger partial charge in [-0.1, -0.05) is 41.9 Å². The second-order valence-corrected chi connectivity index (χ2v) is 8.17. The Bertz CT molecular complexity index is 861. The van der Waals surface area contributed by atoms with Crippen LogP contribution >= 0.6 is 11.6 Å². The van der Waals surface area contributed by atoms with Crippen LogP contribution in [-0.2, 0) is 14.8 Å². The van der Waals surface area contributed by atoms with Crippen molar-refractivity contribution in [3.63, 3.8) is 0 Å². The Morgan fingerprint density at radius 1 is 1.08 bits per heavy atom. The van der Waals surface area contributed by atoms with Crippen LogP contribution < -0.4 is 9.62 Å². The van der Waals surface area contributed by atoms with E-state index in [0.29, 0.717) is 16.4 Å². The van der Waals surface area contributed by atoms with E-state index in [0.717, 1.165) is 17.4 Å². The number of hydrogen-bond acceptors (Lipinski definition) is 3.